The summed E-state index contributed by atoms with van der Waals surface area (Å²) in [4.78, 5) is 2.40. The van der Waals surface area contributed by atoms with E-state index in [1.165, 1.54) is 83.5 Å². The molecule has 0 saturated carbocycles. The molecule has 0 unspecified atom stereocenters. The van der Waals surface area contributed by atoms with Crippen LogP contribution in [0.4, 0.5) is 17.1 Å². The van der Waals surface area contributed by atoms with Crippen molar-refractivity contribution in [2.24, 2.45) is 0 Å². The number of hydrogen-bond acceptors (Lipinski definition) is 1. The number of rotatable bonds is 9. The number of benzene rings is 7. The zero-order chi connectivity index (χ0) is 43.5. The third-order valence-electron chi connectivity index (χ3n) is 12.5. The molecule has 2 nitrogen and oxygen atoms in total. The van der Waals surface area contributed by atoms with Gasteiger partial charge in [-0.15, -0.1) is 0 Å². The summed E-state index contributed by atoms with van der Waals surface area (Å²) in [7, 11) is 0. The summed E-state index contributed by atoms with van der Waals surface area (Å²) in [5.41, 5.74) is 21.8. The van der Waals surface area contributed by atoms with E-state index in [1.54, 1.807) is 0 Å². The molecule has 2 heterocycles. The fourth-order valence-corrected chi connectivity index (χ4v) is 9.51. The predicted octanol–water partition coefficient (Wildman–Crippen LogP) is 17.4. The summed E-state index contributed by atoms with van der Waals surface area (Å²) < 4.78 is 2.39. The van der Waals surface area contributed by atoms with E-state index < -0.39 is 0 Å². The van der Waals surface area contributed by atoms with Gasteiger partial charge in [0, 0.05) is 39.8 Å². The number of anilines is 3. The Morgan fingerprint density at radius 2 is 0.968 bits per heavy atom. The molecule has 0 fully saturated rings. The van der Waals surface area contributed by atoms with Crippen molar-refractivity contribution in [3.05, 3.63) is 235 Å². The first-order chi connectivity index (χ1) is 30.9. The van der Waals surface area contributed by atoms with E-state index in [-0.39, 0.29) is 5.41 Å². The van der Waals surface area contributed by atoms with Gasteiger partial charge < -0.3 is 9.30 Å². The molecule has 0 amide bonds. The standard InChI is InChI=1S/C59H48N2.C2H6/c1-5-18-41(6-2)43-26-31-48(32-27-43)61(49-33-28-44(29-34-49)42-19-10-7-11-20-42)50-35-37-52-51-36-30-47(39-53(51)59(3,4)54(52)40-50)58-57(46-23-14-9-15-24-46)56(45-21-12-8-13-22-45)55-25-16-17-38-60(55)58;1-2/h5-40H,1-4H3;1-2H3/b18-5-,41-6+;. The Balaban J connectivity index is 0.00000249. The molecule has 308 valence electrons. The Bertz CT molecular complexity index is 3080. The van der Waals surface area contributed by atoms with Crippen LogP contribution in [0.3, 0.4) is 0 Å². The van der Waals surface area contributed by atoms with Gasteiger partial charge in [0.15, 0.2) is 0 Å². The molecule has 2 heteroatoms. The zero-order valence-corrected chi connectivity index (χ0v) is 37.2. The molecular formula is C61H54N2. The largest absolute Gasteiger partial charge is 0.315 e. The average Bonchev–Trinajstić information content (AvgIpc) is 3.81. The summed E-state index contributed by atoms with van der Waals surface area (Å²) in [6.07, 6.45) is 8.66. The summed E-state index contributed by atoms with van der Waals surface area (Å²) in [5, 5.41) is 0. The van der Waals surface area contributed by atoms with Crippen LogP contribution in [0.15, 0.2) is 219 Å². The Morgan fingerprint density at radius 3 is 1.57 bits per heavy atom. The molecule has 0 spiro atoms. The number of nitrogens with zero attached hydrogens (tertiary/aromatic N) is 2. The van der Waals surface area contributed by atoms with Crippen molar-refractivity contribution in [2.45, 2.75) is 47.0 Å². The summed E-state index contributed by atoms with van der Waals surface area (Å²) in [6, 6.07) is 71.1. The first-order valence-electron chi connectivity index (χ1n) is 22.3. The number of pyridine rings is 1. The second kappa shape index (κ2) is 17.5. The molecule has 1 aliphatic carbocycles. The molecule has 1 aliphatic rings. The Morgan fingerprint density at radius 1 is 0.476 bits per heavy atom. The highest BCUT2D eigenvalue weighted by atomic mass is 15.1. The Hall–Kier alpha value is -7.42. The molecule has 2 aromatic heterocycles. The highest BCUT2D eigenvalue weighted by molar-refractivity contribution is 6.03. The van der Waals surface area contributed by atoms with Crippen LogP contribution in [0, 0.1) is 0 Å². The minimum atomic E-state index is -0.251. The van der Waals surface area contributed by atoms with Crippen molar-refractivity contribution in [3.63, 3.8) is 0 Å². The van der Waals surface area contributed by atoms with E-state index in [0.29, 0.717) is 0 Å². The lowest BCUT2D eigenvalue weighted by Gasteiger charge is -2.28. The molecule has 0 radical (unpaired) electrons. The minimum absolute atomic E-state index is 0.251. The van der Waals surface area contributed by atoms with E-state index in [9.17, 15) is 0 Å². The monoisotopic (exact) mass is 814 g/mol. The predicted molar refractivity (Wildman–Crippen MR) is 271 cm³/mol. The summed E-state index contributed by atoms with van der Waals surface area (Å²) >= 11 is 0. The molecule has 10 rings (SSSR count). The summed E-state index contributed by atoms with van der Waals surface area (Å²) in [5.74, 6) is 0. The number of aromatic nitrogens is 1. The molecule has 0 saturated heterocycles. The van der Waals surface area contributed by atoms with Crippen LogP contribution < -0.4 is 4.90 Å². The molecular weight excluding hydrogens is 761 g/mol. The van der Waals surface area contributed by atoms with Gasteiger partial charge in [0.1, 0.15) is 0 Å². The van der Waals surface area contributed by atoms with Gasteiger partial charge in [0.05, 0.1) is 11.2 Å². The molecule has 0 bridgehead atoms. The molecule has 7 aromatic carbocycles. The number of allylic oxidation sites excluding steroid dienone is 4. The second-order valence-electron chi connectivity index (χ2n) is 16.4. The van der Waals surface area contributed by atoms with Gasteiger partial charge in [-0.05, 0) is 130 Å². The lowest BCUT2D eigenvalue weighted by molar-refractivity contribution is 0.660. The zero-order valence-electron chi connectivity index (χ0n) is 37.2. The van der Waals surface area contributed by atoms with Crippen molar-refractivity contribution < 1.29 is 0 Å². The van der Waals surface area contributed by atoms with E-state index in [4.69, 9.17) is 0 Å². The third-order valence-corrected chi connectivity index (χ3v) is 12.5. The fraction of sp³-hybridized carbons (Fsp3) is 0.115. The van der Waals surface area contributed by atoms with Crippen LogP contribution in [0.25, 0.3) is 66.9 Å². The van der Waals surface area contributed by atoms with Gasteiger partial charge >= 0.3 is 0 Å². The lowest BCUT2D eigenvalue weighted by Crippen LogP contribution is -2.16. The van der Waals surface area contributed by atoms with Crippen LogP contribution in [0.5, 0.6) is 0 Å². The second-order valence-corrected chi connectivity index (χ2v) is 16.4. The van der Waals surface area contributed by atoms with E-state index >= 15 is 0 Å². The molecule has 0 atom stereocenters. The lowest BCUT2D eigenvalue weighted by atomic mass is 9.81. The first kappa shape index (κ1) is 41.0. The van der Waals surface area contributed by atoms with Gasteiger partial charge in [0.25, 0.3) is 0 Å². The Kier molecular flexibility index (Phi) is 11.4. The summed E-state index contributed by atoms with van der Waals surface area (Å²) in [6.45, 7) is 13.0. The van der Waals surface area contributed by atoms with E-state index in [1.807, 2.05) is 13.8 Å². The van der Waals surface area contributed by atoms with Crippen LogP contribution in [0.2, 0.25) is 0 Å². The van der Waals surface area contributed by atoms with Crippen molar-refractivity contribution in [3.8, 4) is 55.8 Å². The van der Waals surface area contributed by atoms with E-state index in [2.05, 4.69) is 256 Å². The molecule has 0 N–H and O–H groups in total. The maximum absolute atomic E-state index is 2.47. The minimum Gasteiger partial charge on any atom is -0.315 e. The van der Waals surface area contributed by atoms with Gasteiger partial charge in [-0.1, -0.05) is 185 Å². The maximum Gasteiger partial charge on any atom is 0.0613 e. The normalized spacial score (nSPS) is 12.8. The van der Waals surface area contributed by atoms with Crippen LogP contribution in [0.1, 0.15) is 58.2 Å². The maximum atomic E-state index is 2.47. The quantitative estimate of drug-likeness (QED) is 0.132. The van der Waals surface area contributed by atoms with Gasteiger partial charge in [-0.3, -0.25) is 0 Å². The first-order valence-corrected chi connectivity index (χ1v) is 22.3. The highest BCUT2D eigenvalue weighted by Crippen LogP contribution is 2.53. The van der Waals surface area contributed by atoms with Crippen LogP contribution in [-0.2, 0) is 5.41 Å². The topological polar surface area (TPSA) is 7.65 Å². The van der Waals surface area contributed by atoms with Gasteiger partial charge in [0.2, 0.25) is 0 Å². The molecule has 9 aromatic rings. The molecule has 63 heavy (non-hydrogen) atoms. The van der Waals surface area contributed by atoms with Crippen molar-refractivity contribution >= 4 is 28.2 Å². The van der Waals surface area contributed by atoms with Crippen molar-refractivity contribution in [1.82, 2.24) is 4.40 Å². The van der Waals surface area contributed by atoms with Crippen molar-refractivity contribution in [2.75, 3.05) is 4.90 Å². The van der Waals surface area contributed by atoms with Crippen molar-refractivity contribution in [1.29, 1.82) is 0 Å². The number of hydrogen-bond donors (Lipinski definition) is 0. The SMILES string of the molecule is C/C=C\C(=C/C)c1ccc(N(c2ccc(-c3ccccc3)cc2)c2ccc3c(c2)C(C)(C)c2cc(-c4c(-c5ccccc5)c(-c5ccccc5)c5ccccn45)ccc2-3)cc1.CC. The smallest absolute Gasteiger partial charge is 0.0613 e. The van der Waals surface area contributed by atoms with Crippen LogP contribution >= 0.6 is 0 Å². The highest BCUT2D eigenvalue weighted by Gasteiger charge is 2.37. The molecule has 0 aliphatic heterocycles. The average molecular weight is 815 g/mol. The Labute approximate surface area is 373 Å². The van der Waals surface area contributed by atoms with Gasteiger partial charge in [-0.2, -0.15) is 0 Å². The third kappa shape index (κ3) is 7.42. The van der Waals surface area contributed by atoms with E-state index in [0.717, 1.165) is 17.1 Å². The fourth-order valence-electron chi connectivity index (χ4n) is 9.51. The van der Waals surface area contributed by atoms with Crippen LogP contribution in [-0.4, -0.2) is 4.40 Å². The number of fused-ring (bicyclic) bond motifs is 4. The van der Waals surface area contributed by atoms with Gasteiger partial charge in [-0.25, -0.2) is 0 Å².